The lowest BCUT2D eigenvalue weighted by Crippen LogP contribution is -2.49. The number of likely N-dealkylation sites (tertiary alicyclic amines) is 1. The van der Waals surface area contributed by atoms with Crippen molar-refractivity contribution >= 4 is 23.3 Å². The fourth-order valence-corrected chi connectivity index (χ4v) is 2.53. The Balaban J connectivity index is 2.04. The molecule has 0 unspecified atom stereocenters. The first-order valence-electron chi connectivity index (χ1n) is 6.53. The second-order valence-electron chi connectivity index (χ2n) is 5.30. The first-order chi connectivity index (χ1) is 9.41. The third-order valence-corrected chi connectivity index (χ3v) is 3.68. The maximum atomic E-state index is 12.2. The minimum Gasteiger partial charge on any atom is -0.495 e. The molecule has 1 aliphatic heterocycles. The van der Waals surface area contributed by atoms with E-state index in [1.54, 1.807) is 30.0 Å². The van der Waals surface area contributed by atoms with Crippen molar-refractivity contribution in [2.75, 3.05) is 25.5 Å². The molecular formula is C14H19ClN2O3. The predicted octanol–water partition coefficient (Wildman–Crippen LogP) is 2.73. The summed E-state index contributed by atoms with van der Waals surface area (Å²) in [6.07, 6.45) is 1.51. The van der Waals surface area contributed by atoms with Crippen molar-refractivity contribution in [3.63, 3.8) is 0 Å². The second kappa shape index (κ2) is 5.89. The van der Waals surface area contributed by atoms with Crippen LogP contribution in [0.15, 0.2) is 18.2 Å². The number of hydrogen-bond donors (Lipinski definition) is 2. The number of nitrogens with zero attached hydrogens (tertiary/aromatic N) is 1. The molecule has 0 spiro atoms. The van der Waals surface area contributed by atoms with Crippen molar-refractivity contribution in [1.82, 2.24) is 4.90 Å². The van der Waals surface area contributed by atoms with Crippen LogP contribution < -0.4 is 10.1 Å². The highest BCUT2D eigenvalue weighted by Gasteiger charge is 2.30. The number of hydrogen-bond acceptors (Lipinski definition) is 3. The maximum absolute atomic E-state index is 12.2. The number of urea groups is 1. The van der Waals surface area contributed by atoms with Crippen LogP contribution >= 0.6 is 11.6 Å². The lowest BCUT2D eigenvalue weighted by atomic mass is 9.95. The third kappa shape index (κ3) is 3.55. The van der Waals surface area contributed by atoms with Crippen LogP contribution in [0.2, 0.25) is 5.02 Å². The minimum atomic E-state index is -0.812. The predicted molar refractivity (Wildman–Crippen MR) is 78.5 cm³/mol. The SMILES string of the molecule is COc1cc(NC(=O)N2CCC[C@@](C)(O)C2)ccc1Cl. The summed E-state index contributed by atoms with van der Waals surface area (Å²) < 4.78 is 5.11. The Kier molecular flexibility index (Phi) is 4.40. The number of methoxy groups -OCH3 is 1. The Labute approximate surface area is 123 Å². The largest absolute Gasteiger partial charge is 0.495 e. The standard InChI is InChI=1S/C14H19ClN2O3/c1-14(19)6-3-7-17(9-14)13(18)16-10-4-5-11(15)12(8-10)20-2/h4-5,8,19H,3,6-7,9H2,1-2H3,(H,16,18)/t14-/m1/s1. The van der Waals surface area contributed by atoms with Gasteiger partial charge in [-0.1, -0.05) is 11.6 Å². The highest BCUT2D eigenvalue weighted by Crippen LogP contribution is 2.28. The van der Waals surface area contributed by atoms with E-state index in [2.05, 4.69) is 5.32 Å². The molecule has 0 saturated carbocycles. The number of carbonyl (C=O) groups is 1. The fourth-order valence-electron chi connectivity index (χ4n) is 2.33. The molecule has 1 aromatic carbocycles. The van der Waals surface area contributed by atoms with Gasteiger partial charge in [0.25, 0.3) is 0 Å². The van der Waals surface area contributed by atoms with Crippen LogP contribution in [0.1, 0.15) is 19.8 Å². The van der Waals surface area contributed by atoms with Crippen LogP contribution in [0.25, 0.3) is 0 Å². The molecule has 1 saturated heterocycles. The molecule has 0 radical (unpaired) electrons. The van der Waals surface area contributed by atoms with Crippen molar-refractivity contribution in [3.8, 4) is 5.75 Å². The van der Waals surface area contributed by atoms with Gasteiger partial charge >= 0.3 is 6.03 Å². The zero-order valence-corrected chi connectivity index (χ0v) is 12.4. The smallest absolute Gasteiger partial charge is 0.321 e. The molecule has 2 N–H and O–H groups in total. The maximum Gasteiger partial charge on any atom is 0.321 e. The van der Waals surface area contributed by atoms with Gasteiger partial charge in [0.2, 0.25) is 0 Å². The molecule has 20 heavy (non-hydrogen) atoms. The number of β-amino-alcohol motifs (C(OH)–C–C–N with tert-alkyl or cyclic N) is 1. The number of ether oxygens (including phenoxy) is 1. The number of carbonyl (C=O) groups excluding carboxylic acids is 1. The summed E-state index contributed by atoms with van der Waals surface area (Å²) in [5.74, 6) is 0.509. The quantitative estimate of drug-likeness (QED) is 0.882. The van der Waals surface area contributed by atoms with Gasteiger partial charge in [-0.3, -0.25) is 0 Å². The molecule has 1 aromatic rings. The van der Waals surface area contributed by atoms with Crippen LogP contribution in [-0.4, -0.2) is 41.8 Å². The third-order valence-electron chi connectivity index (χ3n) is 3.36. The van der Waals surface area contributed by atoms with Gasteiger partial charge in [-0.25, -0.2) is 4.79 Å². The number of benzene rings is 1. The molecule has 1 heterocycles. The van der Waals surface area contributed by atoms with Crippen LogP contribution in [0, 0.1) is 0 Å². The van der Waals surface area contributed by atoms with E-state index >= 15 is 0 Å². The summed E-state index contributed by atoms with van der Waals surface area (Å²) in [5.41, 5.74) is -0.200. The summed E-state index contributed by atoms with van der Waals surface area (Å²) in [7, 11) is 1.52. The average molecular weight is 299 g/mol. The van der Waals surface area contributed by atoms with Gasteiger partial charge in [0.15, 0.2) is 0 Å². The Morgan fingerprint density at radius 2 is 2.30 bits per heavy atom. The number of piperidine rings is 1. The molecule has 2 amide bonds. The van der Waals surface area contributed by atoms with Crippen molar-refractivity contribution in [2.24, 2.45) is 0 Å². The number of rotatable bonds is 2. The second-order valence-corrected chi connectivity index (χ2v) is 5.71. The number of aliphatic hydroxyl groups is 1. The fraction of sp³-hybridized carbons (Fsp3) is 0.500. The summed E-state index contributed by atoms with van der Waals surface area (Å²) in [5, 5.41) is 13.3. The Morgan fingerprint density at radius 3 is 2.95 bits per heavy atom. The molecule has 5 nitrogen and oxygen atoms in total. The van der Waals surface area contributed by atoms with E-state index in [1.807, 2.05) is 0 Å². The highest BCUT2D eigenvalue weighted by atomic mass is 35.5. The molecule has 0 aliphatic carbocycles. The van der Waals surface area contributed by atoms with Gasteiger partial charge in [0, 0.05) is 18.3 Å². The molecule has 0 bridgehead atoms. The average Bonchev–Trinajstić information content (AvgIpc) is 2.39. The van der Waals surface area contributed by atoms with Crippen molar-refractivity contribution < 1.29 is 14.6 Å². The lowest BCUT2D eigenvalue weighted by Gasteiger charge is -2.36. The minimum absolute atomic E-state index is 0.227. The first-order valence-corrected chi connectivity index (χ1v) is 6.91. The Bertz CT molecular complexity index is 505. The van der Waals surface area contributed by atoms with E-state index < -0.39 is 5.60 Å². The molecule has 6 heteroatoms. The van der Waals surface area contributed by atoms with Crippen LogP contribution in [0.4, 0.5) is 10.5 Å². The van der Waals surface area contributed by atoms with E-state index in [1.165, 1.54) is 7.11 Å². The lowest BCUT2D eigenvalue weighted by molar-refractivity contribution is -0.000635. The summed E-state index contributed by atoms with van der Waals surface area (Å²) in [6, 6.07) is 4.82. The molecule has 1 fully saturated rings. The zero-order valence-electron chi connectivity index (χ0n) is 11.6. The van der Waals surface area contributed by atoms with E-state index in [0.717, 1.165) is 6.42 Å². The highest BCUT2D eigenvalue weighted by molar-refractivity contribution is 6.32. The Hall–Kier alpha value is -1.46. The summed E-state index contributed by atoms with van der Waals surface area (Å²) in [4.78, 5) is 13.8. The van der Waals surface area contributed by atoms with E-state index in [9.17, 15) is 9.90 Å². The molecule has 2 rings (SSSR count). The molecule has 1 aliphatic rings. The van der Waals surface area contributed by atoms with Gasteiger partial charge < -0.3 is 20.1 Å². The van der Waals surface area contributed by atoms with Crippen molar-refractivity contribution in [2.45, 2.75) is 25.4 Å². The topological polar surface area (TPSA) is 61.8 Å². The number of halogens is 1. The normalized spacial score (nSPS) is 22.5. The van der Waals surface area contributed by atoms with Crippen LogP contribution in [-0.2, 0) is 0 Å². The monoisotopic (exact) mass is 298 g/mol. The van der Waals surface area contributed by atoms with Gasteiger partial charge in [0.1, 0.15) is 5.75 Å². The van der Waals surface area contributed by atoms with Crippen molar-refractivity contribution in [1.29, 1.82) is 0 Å². The number of anilines is 1. The zero-order chi connectivity index (χ0) is 14.8. The Morgan fingerprint density at radius 1 is 1.55 bits per heavy atom. The van der Waals surface area contributed by atoms with Crippen molar-refractivity contribution in [3.05, 3.63) is 23.2 Å². The van der Waals surface area contributed by atoms with E-state index in [-0.39, 0.29) is 6.03 Å². The molecular weight excluding hydrogens is 280 g/mol. The van der Waals surface area contributed by atoms with Gasteiger partial charge in [-0.15, -0.1) is 0 Å². The molecule has 1 atom stereocenters. The summed E-state index contributed by atoms with van der Waals surface area (Å²) in [6.45, 7) is 2.73. The van der Waals surface area contributed by atoms with Crippen LogP contribution in [0.5, 0.6) is 5.75 Å². The van der Waals surface area contributed by atoms with E-state index in [0.29, 0.717) is 36.0 Å². The molecule has 110 valence electrons. The van der Waals surface area contributed by atoms with Gasteiger partial charge in [-0.2, -0.15) is 0 Å². The van der Waals surface area contributed by atoms with Crippen LogP contribution in [0.3, 0.4) is 0 Å². The summed E-state index contributed by atoms with van der Waals surface area (Å²) >= 11 is 5.94. The number of amides is 2. The first kappa shape index (κ1) is 14.9. The number of nitrogens with one attached hydrogen (secondary N) is 1. The van der Waals surface area contributed by atoms with E-state index in [4.69, 9.17) is 16.3 Å². The molecule has 0 aromatic heterocycles. The van der Waals surface area contributed by atoms with Gasteiger partial charge in [-0.05, 0) is 31.9 Å². The van der Waals surface area contributed by atoms with Gasteiger partial charge in [0.05, 0.1) is 24.3 Å².